The van der Waals surface area contributed by atoms with E-state index in [1.165, 1.54) is 18.8 Å². The fourth-order valence-corrected chi connectivity index (χ4v) is 9.56. The van der Waals surface area contributed by atoms with Crippen molar-refractivity contribution in [1.82, 2.24) is 39.4 Å². The summed E-state index contributed by atoms with van der Waals surface area (Å²) in [5.74, 6) is -3.14. The lowest BCUT2D eigenvalue weighted by atomic mass is 9.86. The zero-order valence-electron chi connectivity index (χ0n) is 36.5. The van der Waals surface area contributed by atoms with E-state index in [1.807, 2.05) is 35.8 Å². The molecule has 6 heterocycles. The Labute approximate surface area is 375 Å². The fourth-order valence-electron chi connectivity index (χ4n) is 8.63. The van der Waals surface area contributed by atoms with Crippen LogP contribution in [0.2, 0.25) is 0 Å². The van der Waals surface area contributed by atoms with Crippen molar-refractivity contribution >= 4 is 62.1 Å². The number of piperazine rings is 1. The number of ketones is 1. The van der Waals surface area contributed by atoms with Crippen LogP contribution in [0.25, 0.3) is 22.2 Å². The second-order valence-electron chi connectivity index (χ2n) is 17.1. The molecule has 3 amide bonds. The average molecular weight is 912 g/mol. The molecule has 0 radical (unpaired) electrons. The Morgan fingerprint density at radius 1 is 0.908 bits per heavy atom. The molecule has 65 heavy (non-hydrogen) atoms. The van der Waals surface area contributed by atoms with Crippen molar-refractivity contribution in [3.05, 3.63) is 95.6 Å². The number of H-pyrrole nitrogens is 1. The van der Waals surface area contributed by atoms with Gasteiger partial charge in [0.05, 0.1) is 16.8 Å². The first-order valence-corrected chi connectivity index (χ1v) is 23.0. The average Bonchev–Trinajstić information content (AvgIpc) is 3.74. The van der Waals surface area contributed by atoms with Gasteiger partial charge in [-0.2, -0.15) is 12.7 Å². The molecule has 0 saturated carbocycles. The molecule has 0 bridgehead atoms. The van der Waals surface area contributed by atoms with E-state index in [4.69, 9.17) is 0 Å². The number of rotatable bonds is 13. The highest BCUT2D eigenvalue weighted by atomic mass is 32.2. The SMILES string of the molecule is CCN(C)S(=O)(=O)Nc1ccc(F)c(C(=O)c2c[nH]c3ncc(-c4cnc(N5CCN(C(=O)C(C)(C)N6CCC(c7ccc(NC8CCC(=O)NC8=O)cc7)CC6)CC5)nc4)cc23)c1F. The van der Waals surface area contributed by atoms with Gasteiger partial charge in [0.2, 0.25) is 29.5 Å². The van der Waals surface area contributed by atoms with E-state index in [0.29, 0.717) is 67.7 Å². The first-order valence-electron chi connectivity index (χ1n) is 21.6. The predicted molar refractivity (Wildman–Crippen MR) is 240 cm³/mol. The Morgan fingerprint density at radius 2 is 1.58 bits per heavy atom. The smallest absolute Gasteiger partial charge is 0.301 e. The highest BCUT2D eigenvalue weighted by molar-refractivity contribution is 7.90. The number of aromatic amines is 1. The predicted octanol–water partition coefficient (Wildman–Crippen LogP) is 4.66. The van der Waals surface area contributed by atoms with E-state index in [-0.39, 0.29) is 35.2 Å². The number of likely N-dealkylation sites (tertiary alicyclic amines) is 1. The summed E-state index contributed by atoms with van der Waals surface area (Å²) < 4.78 is 58.8. The van der Waals surface area contributed by atoms with Gasteiger partial charge in [-0.3, -0.25) is 34.1 Å². The lowest BCUT2D eigenvalue weighted by Gasteiger charge is -2.45. The Morgan fingerprint density at radius 3 is 2.25 bits per heavy atom. The van der Waals surface area contributed by atoms with Crippen molar-refractivity contribution < 1.29 is 36.4 Å². The summed E-state index contributed by atoms with van der Waals surface area (Å²) >= 11 is 0. The van der Waals surface area contributed by atoms with Gasteiger partial charge in [0.1, 0.15) is 17.5 Å². The topological polar surface area (TPSA) is 206 Å². The quantitative estimate of drug-likeness (QED) is 0.0941. The fraction of sp³-hybridized carbons (Fsp3) is 0.400. The van der Waals surface area contributed by atoms with E-state index >= 15 is 8.78 Å². The largest absolute Gasteiger partial charge is 0.374 e. The summed E-state index contributed by atoms with van der Waals surface area (Å²) in [6.07, 6.45) is 8.70. The maximum atomic E-state index is 15.6. The molecule has 0 spiro atoms. The van der Waals surface area contributed by atoms with Gasteiger partial charge in [-0.05, 0) is 88.0 Å². The van der Waals surface area contributed by atoms with Gasteiger partial charge >= 0.3 is 10.2 Å². The summed E-state index contributed by atoms with van der Waals surface area (Å²) in [5.41, 5.74) is 1.21. The molecule has 1 atom stereocenters. The van der Waals surface area contributed by atoms with Gasteiger partial charge < -0.3 is 20.1 Å². The molecule has 1 unspecified atom stereocenters. The molecule has 0 aliphatic carbocycles. The number of nitrogens with one attached hydrogen (secondary N) is 4. The maximum absolute atomic E-state index is 15.6. The van der Waals surface area contributed by atoms with E-state index in [1.54, 1.807) is 31.6 Å². The second kappa shape index (κ2) is 18.2. The Kier molecular flexibility index (Phi) is 12.7. The van der Waals surface area contributed by atoms with Crippen LogP contribution < -0.4 is 20.3 Å². The molecule has 3 fully saturated rings. The Balaban J connectivity index is 0.860. The van der Waals surface area contributed by atoms with E-state index in [2.05, 4.69) is 52.3 Å². The van der Waals surface area contributed by atoms with Gasteiger partial charge in [0, 0.05) is 98.7 Å². The molecule has 3 aliphatic rings. The monoisotopic (exact) mass is 911 g/mol. The molecule has 342 valence electrons. The summed E-state index contributed by atoms with van der Waals surface area (Å²) in [7, 11) is -2.86. The standard InChI is InChI=1S/C45H51F2N11O6S/c1-5-55(4)65(63,64)54-35-11-10-34(46)38(39(35)47)40(60)33-26-49-41-32(33)22-29(23-48-41)30-24-50-44(51-25-30)57-20-18-56(19-21-57)43(62)45(2,3)58-16-14-28(15-17-58)27-6-8-31(9-7-27)52-36-12-13-37(59)53-42(36)61/h6-11,22-26,28,36,52,54H,5,12-21H2,1-4H3,(H,48,49)(H,53,59,61). The van der Waals surface area contributed by atoms with Crippen molar-refractivity contribution in [2.24, 2.45) is 0 Å². The van der Waals surface area contributed by atoms with Crippen molar-refractivity contribution in [2.45, 2.75) is 64.0 Å². The van der Waals surface area contributed by atoms with Crippen LogP contribution in [0, 0.1) is 11.6 Å². The molecular weight excluding hydrogens is 861 g/mol. The summed E-state index contributed by atoms with van der Waals surface area (Å²) in [6, 6.07) is 11.1. The van der Waals surface area contributed by atoms with Gasteiger partial charge in [0.15, 0.2) is 5.82 Å². The number of pyridine rings is 1. The summed E-state index contributed by atoms with van der Waals surface area (Å²) in [4.78, 5) is 74.0. The number of carbonyl (C=O) groups is 4. The molecule has 4 N–H and O–H groups in total. The first-order chi connectivity index (χ1) is 31.0. The molecule has 2 aromatic carbocycles. The number of benzene rings is 2. The molecule has 3 saturated heterocycles. The normalized spacial score (nSPS) is 18.0. The molecule has 8 rings (SSSR count). The second-order valence-corrected chi connectivity index (χ2v) is 18.9. The lowest BCUT2D eigenvalue weighted by Crippen LogP contribution is -2.61. The number of hydrogen-bond acceptors (Lipinski definition) is 12. The zero-order valence-corrected chi connectivity index (χ0v) is 37.3. The molecule has 17 nitrogen and oxygen atoms in total. The maximum Gasteiger partial charge on any atom is 0.301 e. The van der Waals surface area contributed by atoms with Gasteiger partial charge in [-0.15, -0.1) is 0 Å². The van der Waals surface area contributed by atoms with Crippen molar-refractivity contribution in [2.75, 3.05) is 67.8 Å². The van der Waals surface area contributed by atoms with Gasteiger partial charge in [-0.1, -0.05) is 19.1 Å². The molecular formula is C45H51F2N11O6S. The number of fused-ring (bicyclic) bond motifs is 1. The molecule has 5 aromatic rings. The van der Waals surface area contributed by atoms with Crippen LogP contribution in [0.15, 0.2) is 67.3 Å². The zero-order chi connectivity index (χ0) is 46.2. The van der Waals surface area contributed by atoms with Crippen molar-refractivity contribution in [1.29, 1.82) is 0 Å². The van der Waals surface area contributed by atoms with Crippen LogP contribution in [0.4, 0.5) is 26.1 Å². The van der Waals surface area contributed by atoms with Crippen LogP contribution in [0.5, 0.6) is 0 Å². The number of carbonyl (C=O) groups excluding carboxylic acids is 4. The number of piperidine rings is 2. The van der Waals surface area contributed by atoms with E-state index in [9.17, 15) is 27.6 Å². The number of aromatic nitrogens is 4. The highest BCUT2D eigenvalue weighted by Gasteiger charge is 2.40. The highest BCUT2D eigenvalue weighted by Crippen LogP contribution is 2.34. The minimum absolute atomic E-state index is 0.0688. The van der Waals surface area contributed by atoms with E-state index < -0.39 is 50.5 Å². The number of halogens is 2. The molecule has 3 aliphatic heterocycles. The van der Waals surface area contributed by atoms with Crippen LogP contribution in [0.1, 0.15) is 73.9 Å². The molecule has 20 heteroatoms. The van der Waals surface area contributed by atoms with Crippen LogP contribution in [-0.4, -0.2) is 130 Å². The third-order valence-electron chi connectivity index (χ3n) is 12.8. The lowest BCUT2D eigenvalue weighted by molar-refractivity contribution is -0.144. The number of nitrogens with zero attached hydrogens (tertiary/aromatic N) is 7. The van der Waals surface area contributed by atoms with E-state index in [0.717, 1.165) is 48.1 Å². The number of anilines is 3. The summed E-state index contributed by atoms with van der Waals surface area (Å²) in [6.45, 7) is 9.29. The minimum atomic E-state index is -4.16. The summed E-state index contributed by atoms with van der Waals surface area (Å²) in [5, 5.41) is 5.89. The third-order valence-corrected chi connectivity index (χ3v) is 14.3. The Hall–Kier alpha value is -6.38. The van der Waals surface area contributed by atoms with Crippen LogP contribution in [-0.2, 0) is 24.6 Å². The third kappa shape index (κ3) is 9.28. The first kappa shape index (κ1) is 45.2. The van der Waals surface area contributed by atoms with Crippen molar-refractivity contribution in [3.63, 3.8) is 0 Å². The Bertz CT molecular complexity index is 2730. The minimum Gasteiger partial charge on any atom is -0.374 e. The van der Waals surface area contributed by atoms with Crippen LogP contribution >= 0.6 is 0 Å². The number of hydrogen-bond donors (Lipinski definition) is 4. The number of amides is 3. The number of imide groups is 1. The van der Waals surface area contributed by atoms with Crippen molar-refractivity contribution in [3.8, 4) is 11.1 Å². The van der Waals surface area contributed by atoms with Gasteiger partial charge in [-0.25, -0.2) is 23.7 Å². The van der Waals surface area contributed by atoms with Gasteiger partial charge in [0.25, 0.3) is 0 Å². The van der Waals surface area contributed by atoms with Crippen LogP contribution in [0.3, 0.4) is 0 Å². The molecule has 3 aromatic heterocycles.